The van der Waals surface area contributed by atoms with Gasteiger partial charge in [0.05, 0.1) is 70.4 Å². The molecule has 0 spiro atoms. The molecule has 0 radical (unpaired) electrons. The van der Waals surface area contributed by atoms with Gasteiger partial charge in [0.1, 0.15) is 6.61 Å². The minimum absolute atomic E-state index is 0.137. The number of nitrogens with zero attached hydrogens (tertiary/aromatic N) is 8. The maximum Gasteiger partial charge on any atom is 0.264 e. The van der Waals surface area contributed by atoms with Crippen molar-refractivity contribution in [1.29, 1.82) is 0 Å². The molecule has 9 aromatic heterocycles. The molecular weight excluding hydrogens is 1930 g/mol. The number of hydrogen-bond donors (Lipinski definition) is 2. The van der Waals surface area contributed by atoms with Crippen molar-refractivity contribution in [3.8, 4) is 0 Å². The number of carbonyl (C=O) groups is 9. The van der Waals surface area contributed by atoms with Gasteiger partial charge in [-0.15, -0.1) is 102 Å². The summed E-state index contributed by atoms with van der Waals surface area (Å²) in [5.41, 5.74) is 6.62. The standard InChI is InChI=1S/2C15H22N2OS.C14H19NO3S.C14H21NOS.C14H14OS.C13H19NO2S.C13H19NOS.C7H8O2S.C5H7NS/c1-12-4-5-14(19-12)15(18)17-10-6-13(7-11-17)16-8-2-3-9-16;1-12-6-7-14(19-12)15(18)17-10-4-5-13(17)11-16-8-2-3-9-16;1-11-5-6-13(19-11)12(16)3-2-4-14(17)15-7-9-18-10-8-15;1-12-7-8-14(17-12)13(16)6-5-11-15-9-3-2-4-10-15;1-11-7-10-14(16-11)13(15)9-8-12-5-3-2-4-6-12;1-11-4-5-13(17-11)12(15)3-2-6-14-7-9-16-10-8-14;1-11-6-7-13(16-11)12(15)5-4-10-14-8-2-3-9-14;1-5-2-3-7(10-5)6(9)4-8;1-4-2-3-5(6)7-4/h4-5,13H,2-3,6-11H2,1H3;6-7,13H,2-5,8-11H2,1H3;5-6H,2-4,7-10H2,1H3;7-8H,2-6,9-11H2,1H3;2-7,10H,8-9H2,1H3;4-5H,2-3,6-10H2,1H3;6-7H,2-5,8-10H2,1H3;2-3,8H,4H2,1H3;2-3H,6H2,1H3. The molecule has 1 atom stereocenters. The number of hydrogen-bond acceptors (Lipinski definition) is 27. The zero-order valence-electron chi connectivity index (χ0n) is 84.1. The van der Waals surface area contributed by atoms with E-state index in [9.17, 15) is 43.2 Å². The maximum absolute atomic E-state index is 12.6. The van der Waals surface area contributed by atoms with Gasteiger partial charge in [-0.2, -0.15) is 0 Å². The Balaban J connectivity index is 0.000000164. The average molecular weight is 2080 g/mol. The Morgan fingerprint density at radius 3 is 1.04 bits per heavy atom. The maximum atomic E-state index is 12.6. The Kier molecular flexibility index (Phi) is 51.4. The molecule has 8 fully saturated rings. The fourth-order valence-electron chi connectivity index (χ4n) is 17.8. The molecule has 8 aliphatic heterocycles. The first kappa shape index (κ1) is 114. The second-order valence-electron chi connectivity index (χ2n) is 37.0. The number of ether oxygens (including phenoxy) is 2. The van der Waals surface area contributed by atoms with E-state index in [1.165, 1.54) is 179 Å². The van der Waals surface area contributed by atoms with E-state index in [-0.39, 0.29) is 47.5 Å². The fraction of sp³-hybridized carbons (Fsp3) is 0.536. The highest BCUT2D eigenvalue weighted by atomic mass is 32.1. The number of aliphatic hydroxyl groups is 1. The number of Topliss-reactive ketones (excluding diaryl/α,β-unsaturated/α-hetero) is 6. The molecule has 0 saturated carbocycles. The molecule has 17 heterocycles. The lowest BCUT2D eigenvalue weighted by atomic mass is 10.0. The van der Waals surface area contributed by atoms with Gasteiger partial charge < -0.3 is 54.6 Å². The van der Waals surface area contributed by atoms with Crippen LogP contribution in [0.5, 0.6) is 0 Å². The molecule has 1 unspecified atom stereocenters. The predicted octanol–water partition coefficient (Wildman–Crippen LogP) is 23.5. The molecule has 8 saturated heterocycles. The molecule has 8 aliphatic rings. The first-order valence-corrected chi connectivity index (χ1v) is 57.9. The zero-order chi connectivity index (χ0) is 99.9. The number of morpholine rings is 2. The van der Waals surface area contributed by atoms with E-state index in [1.54, 1.807) is 85.4 Å². The molecule has 21 nitrogen and oxygen atoms in total. The number of thiophene rings is 9. The van der Waals surface area contributed by atoms with Gasteiger partial charge in [-0.25, -0.2) is 0 Å². The molecule has 3 N–H and O–H groups in total. The molecule has 10 aromatic rings. The van der Waals surface area contributed by atoms with E-state index in [2.05, 4.69) is 62.3 Å². The SMILES string of the molecule is Cc1ccc(C(=O)CCCC(=O)N2CCOCC2)s1.Cc1ccc(C(=O)CCCN2CCCC2)s1.Cc1ccc(C(=O)CCCN2CCCCC2)s1.Cc1ccc(C(=O)CCCN2CCOCC2)s1.Cc1ccc(C(=O)CCc2ccccc2)s1.Cc1ccc(C(=O)CO)s1.Cc1ccc(C(=O)N2CCC(N3CCCC3)CC2)s1.Cc1ccc(C(=O)N2CCCC2CN2CCCC2)s1.Cc1ccc(N)s1. The van der Waals surface area contributed by atoms with Gasteiger partial charge in [0, 0.05) is 147 Å². The number of carbonyl (C=O) groups excluding carboxylic acids is 9. The Hall–Kier alpha value is -7.57. The molecule has 1 aromatic carbocycles. The smallest absolute Gasteiger partial charge is 0.264 e. The molecule has 0 aliphatic carbocycles. The number of nitrogens with two attached hydrogens (primary N) is 1. The number of benzene rings is 1. The topological polar surface area (TPSA) is 244 Å². The van der Waals surface area contributed by atoms with Crippen LogP contribution in [0.1, 0.15) is 275 Å². The molecular formula is C110H151N9O12S9. The normalized spacial score (nSPS) is 16.8. The lowest BCUT2D eigenvalue weighted by Gasteiger charge is -2.36. The Morgan fingerprint density at radius 1 is 0.314 bits per heavy atom. The Labute approximate surface area is 868 Å². The molecule has 18 rings (SSSR count). The molecule has 0 bridgehead atoms. The third-order valence-corrected chi connectivity index (χ3v) is 34.7. The van der Waals surface area contributed by atoms with Gasteiger partial charge in [-0.3, -0.25) is 48.1 Å². The summed E-state index contributed by atoms with van der Waals surface area (Å²) in [4.78, 5) is 143. The predicted molar refractivity (Wildman–Crippen MR) is 585 cm³/mol. The number of aryl methyl sites for hydroxylation is 10. The van der Waals surface area contributed by atoms with E-state index in [0.717, 1.165) is 172 Å². The van der Waals surface area contributed by atoms with Crippen LogP contribution in [0.2, 0.25) is 0 Å². The number of piperidine rings is 2. The molecule has 3 amide bonds. The summed E-state index contributed by atoms with van der Waals surface area (Å²) in [5.74, 6) is 1.75. The highest BCUT2D eigenvalue weighted by molar-refractivity contribution is 7.17. The van der Waals surface area contributed by atoms with E-state index in [4.69, 9.17) is 20.3 Å². The number of ketones is 6. The van der Waals surface area contributed by atoms with Crippen LogP contribution in [0.3, 0.4) is 0 Å². The van der Waals surface area contributed by atoms with Crippen molar-refractivity contribution in [2.75, 3.05) is 163 Å². The van der Waals surface area contributed by atoms with Gasteiger partial charge in [0.25, 0.3) is 11.8 Å². The van der Waals surface area contributed by atoms with Crippen LogP contribution in [0.15, 0.2) is 140 Å². The lowest BCUT2D eigenvalue weighted by molar-refractivity contribution is -0.135. The van der Waals surface area contributed by atoms with Crippen LogP contribution < -0.4 is 5.73 Å². The number of likely N-dealkylation sites (tertiary alicyclic amines) is 6. The van der Waals surface area contributed by atoms with Crippen molar-refractivity contribution in [2.45, 2.75) is 228 Å². The third kappa shape index (κ3) is 41.5. The first-order chi connectivity index (χ1) is 67.7. The summed E-state index contributed by atoms with van der Waals surface area (Å²) in [5, 5.41) is 9.36. The number of anilines is 1. The number of aliphatic hydroxyl groups excluding tert-OH is 1. The quantitative estimate of drug-likeness (QED) is 0.0384. The minimum Gasteiger partial charge on any atom is -0.391 e. The largest absolute Gasteiger partial charge is 0.391 e. The van der Waals surface area contributed by atoms with Crippen molar-refractivity contribution in [3.05, 3.63) is 228 Å². The summed E-state index contributed by atoms with van der Waals surface area (Å²) < 4.78 is 10.5. The Bertz CT molecular complexity index is 5250. The minimum atomic E-state index is -0.389. The monoisotopic (exact) mass is 2080 g/mol. The van der Waals surface area contributed by atoms with Crippen LogP contribution in [-0.2, 0) is 20.7 Å². The lowest BCUT2D eigenvalue weighted by Crippen LogP contribution is -2.45. The van der Waals surface area contributed by atoms with E-state index in [1.807, 2.05) is 173 Å². The molecule has 30 heteroatoms. The van der Waals surface area contributed by atoms with Gasteiger partial charge in [0.2, 0.25) is 5.91 Å². The van der Waals surface area contributed by atoms with Crippen molar-refractivity contribution in [2.24, 2.45) is 0 Å². The molecule has 762 valence electrons. The number of rotatable bonds is 31. The summed E-state index contributed by atoms with van der Waals surface area (Å²) >= 11 is 14.2. The van der Waals surface area contributed by atoms with Gasteiger partial charge >= 0.3 is 0 Å². The van der Waals surface area contributed by atoms with Crippen LogP contribution in [0.25, 0.3) is 0 Å². The highest BCUT2D eigenvalue weighted by Crippen LogP contribution is 2.30. The number of nitrogen functional groups attached to an aromatic ring is 1. The second-order valence-corrected chi connectivity index (χ2v) is 48.7. The summed E-state index contributed by atoms with van der Waals surface area (Å²) in [6.07, 6.45) is 24.7. The van der Waals surface area contributed by atoms with Crippen molar-refractivity contribution in [3.63, 3.8) is 0 Å². The average Bonchev–Trinajstić information content (AvgIpc) is 1.61. The van der Waals surface area contributed by atoms with Crippen molar-refractivity contribution in [1.82, 2.24) is 39.2 Å². The van der Waals surface area contributed by atoms with Crippen LogP contribution in [0.4, 0.5) is 5.00 Å². The molecule has 140 heavy (non-hydrogen) atoms. The van der Waals surface area contributed by atoms with Crippen LogP contribution in [0, 0.1) is 62.3 Å². The van der Waals surface area contributed by atoms with E-state index < -0.39 is 0 Å². The summed E-state index contributed by atoms with van der Waals surface area (Å²) in [6, 6.07) is 46.5. The van der Waals surface area contributed by atoms with Gasteiger partial charge in [0.15, 0.2) is 34.7 Å². The zero-order valence-corrected chi connectivity index (χ0v) is 91.5. The first-order valence-electron chi connectivity index (χ1n) is 50.5. The summed E-state index contributed by atoms with van der Waals surface area (Å²) in [7, 11) is 0. The second kappa shape index (κ2) is 63.0. The summed E-state index contributed by atoms with van der Waals surface area (Å²) in [6.45, 7) is 41.1. The van der Waals surface area contributed by atoms with E-state index in [0.29, 0.717) is 93.7 Å². The Morgan fingerprint density at radius 2 is 0.657 bits per heavy atom. The van der Waals surface area contributed by atoms with Gasteiger partial charge in [-0.1, -0.05) is 36.8 Å². The van der Waals surface area contributed by atoms with Crippen molar-refractivity contribution < 1.29 is 57.7 Å². The fourth-order valence-corrected chi connectivity index (χ4v) is 25.1. The number of amides is 3. The third-order valence-electron chi connectivity index (χ3n) is 25.6. The van der Waals surface area contributed by atoms with Crippen molar-refractivity contribution >= 4 is 159 Å². The van der Waals surface area contributed by atoms with Crippen LogP contribution in [-0.4, -0.2) is 266 Å². The van der Waals surface area contributed by atoms with Crippen LogP contribution >= 0.6 is 102 Å². The highest BCUT2D eigenvalue weighted by Gasteiger charge is 2.33. The van der Waals surface area contributed by atoms with Gasteiger partial charge in [-0.05, 0) is 358 Å². The van der Waals surface area contributed by atoms with E-state index >= 15 is 0 Å².